The van der Waals surface area contributed by atoms with Gasteiger partial charge < -0.3 is 5.73 Å². The molecule has 1 aromatic heterocycles. The Labute approximate surface area is 60.1 Å². The van der Waals surface area contributed by atoms with Gasteiger partial charge in [-0.05, 0) is 12.1 Å². The van der Waals surface area contributed by atoms with E-state index < -0.39 is 0 Å². The van der Waals surface area contributed by atoms with Crippen molar-refractivity contribution in [3.8, 4) is 6.07 Å². The molecule has 1 rings (SSSR count). The molecule has 0 aliphatic rings. The van der Waals surface area contributed by atoms with E-state index in [4.69, 9.17) is 11.0 Å². The van der Waals surface area contributed by atoms with Crippen LogP contribution in [0.1, 0.15) is 6.92 Å². The van der Waals surface area contributed by atoms with Crippen molar-refractivity contribution in [2.75, 3.05) is 5.73 Å². The average Bonchev–Trinajstić information content (AvgIpc) is 1.91. The minimum Gasteiger partial charge on any atom is -0.384 e. The van der Waals surface area contributed by atoms with E-state index in [0.29, 0.717) is 5.82 Å². The molecule has 0 fully saturated rings. The van der Waals surface area contributed by atoms with Crippen molar-refractivity contribution in [2.24, 2.45) is 0 Å². The van der Waals surface area contributed by atoms with E-state index in [9.17, 15) is 0 Å². The van der Waals surface area contributed by atoms with Gasteiger partial charge in [0.15, 0.2) is 0 Å². The zero-order valence-corrected chi connectivity index (χ0v) is 5.78. The molecule has 0 bridgehead atoms. The summed E-state index contributed by atoms with van der Waals surface area (Å²) >= 11 is 0. The topological polar surface area (TPSA) is 62.7 Å². The first-order valence-electron chi connectivity index (χ1n) is 2.78. The van der Waals surface area contributed by atoms with E-state index in [2.05, 4.69) is 4.98 Å². The number of hydrogen-bond acceptors (Lipinski definition) is 3. The SMILES string of the molecule is CC#N.Nc1ccccn1. The van der Waals surface area contributed by atoms with Crippen LogP contribution in [-0.2, 0) is 0 Å². The smallest absolute Gasteiger partial charge is 0.123 e. The number of rotatable bonds is 0. The van der Waals surface area contributed by atoms with Gasteiger partial charge in [0, 0.05) is 13.1 Å². The number of hydrogen-bond donors (Lipinski definition) is 1. The monoisotopic (exact) mass is 135 g/mol. The summed E-state index contributed by atoms with van der Waals surface area (Å²) in [6.45, 7) is 1.43. The first-order chi connectivity index (χ1) is 4.81. The van der Waals surface area contributed by atoms with Gasteiger partial charge in [-0.3, -0.25) is 0 Å². The third kappa shape index (κ3) is 4.60. The number of nitriles is 1. The number of nitrogen functional groups attached to an aromatic ring is 1. The van der Waals surface area contributed by atoms with Crippen LogP contribution >= 0.6 is 0 Å². The predicted molar refractivity (Wildman–Crippen MR) is 39.9 cm³/mol. The van der Waals surface area contributed by atoms with Crippen molar-refractivity contribution in [3.63, 3.8) is 0 Å². The lowest BCUT2D eigenvalue weighted by Crippen LogP contribution is -1.85. The Kier molecular flexibility index (Phi) is 4.70. The molecule has 0 saturated carbocycles. The summed E-state index contributed by atoms with van der Waals surface area (Å²) in [5.41, 5.74) is 5.25. The Balaban J connectivity index is 0.000000236. The Morgan fingerprint density at radius 2 is 2.20 bits per heavy atom. The molecule has 0 radical (unpaired) electrons. The minimum atomic E-state index is 0.572. The molecule has 3 heteroatoms. The molecule has 0 aliphatic heterocycles. The van der Waals surface area contributed by atoms with E-state index in [1.807, 2.05) is 12.1 Å². The Morgan fingerprint density at radius 1 is 1.60 bits per heavy atom. The third-order valence-corrected chi connectivity index (χ3v) is 0.688. The van der Waals surface area contributed by atoms with Gasteiger partial charge in [0.2, 0.25) is 0 Å². The Morgan fingerprint density at radius 3 is 2.40 bits per heavy atom. The highest BCUT2D eigenvalue weighted by Crippen LogP contribution is 1.89. The fourth-order valence-electron chi connectivity index (χ4n) is 0.376. The van der Waals surface area contributed by atoms with Crippen LogP contribution in [0.4, 0.5) is 5.82 Å². The summed E-state index contributed by atoms with van der Waals surface area (Å²) < 4.78 is 0. The average molecular weight is 135 g/mol. The second-order valence-electron chi connectivity index (χ2n) is 1.48. The van der Waals surface area contributed by atoms with Crippen LogP contribution in [0.3, 0.4) is 0 Å². The number of nitrogens with zero attached hydrogens (tertiary/aromatic N) is 2. The molecular weight excluding hydrogens is 126 g/mol. The van der Waals surface area contributed by atoms with Gasteiger partial charge in [-0.15, -0.1) is 0 Å². The van der Waals surface area contributed by atoms with Gasteiger partial charge in [-0.1, -0.05) is 6.07 Å². The lowest BCUT2D eigenvalue weighted by atomic mass is 10.5. The van der Waals surface area contributed by atoms with Crippen molar-refractivity contribution in [2.45, 2.75) is 6.92 Å². The number of anilines is 1. The highest BCUT2D eigenvalue weighted by Gasteiger charge is 1.73. The predicted octanol–water partition coefficient (Wildman–Crippen LogP) is 1.19. The standard InChI is InChI=1S/C5H6N2.C2H3N/c6-5-3-1-2-4-7-5;1-2-3/h1-4H,(H2,6,7);1H3. The van der Waals surface area contributed by atoms with Gasteiger partial charge in [0.05, 0.1) is 6.07 Å². The van der Waals surface area contributed by atoms with Crippen LogP contribution < -0.4 is 5.73 Å². The highest BCUT2D eigenvalue weighted by molar-refractivity contribution is 5.25. The van der Waals surface area contributed by atoms with Crippen LogP contribution in [-0.4, -0.2) is 4.98 Å². The van der Waals surface area contributed by atoms with Crippen molar-refractivity contribution in [1.82, 2.24) is 4.98 Å². The lowest BCUT2D eigenvalue weighted by molar-refractivity contribution is 1.34. The van der Waals surface area contributed by atoms with Crippen LogP contribution in [0.25, 0.3) is 0 Å². The normalized spacial score (nSPS) is 6.80. The molecule has 0 atom stereocenters. The largest absolute Gasteiger partial charge is 0.384 e. The highest BCUT2D eigenvalue weighted by atomic mass is 14.8. The maximum atomic E-state index is 7.32. The zero-order valence-electron chi connectivity index (χ0n) is 5.78. The molecule has 2 N–H and O–H groups in total. The van der Waals surface area contributed by atoms with Crippen molar-refractivity contribution < 1.29 is 0 Å². The second kappa shape index (κ2) is 5.57. The fourth-order valence-corrected chi connectivity index (χ4v) is 0.376. The van der Waals surface area contributed by atoms with Gasteiger partial charge in [0.1, 0.15) is 5.82 Å². The number of pyridine rings is 1. The summed E-state index contributed by atoms with van der Waals surface area (Å²) in [6.07, 6.45) is 1.66. The summed E-state index contributed by atoms with van der Waals surface area (Å²) in [4.78, 5) is 3.76. The molecule has 0 aliphatic carbocycles. The first-order valence-corrected chi connectivity index (χ1v) is 2.78. The van der Waals surface area contributed by atoms with Crippen LogP contribution in [0, 0.1) is 11.3 Å². The first kappa shape index (κ1) is 8.44. The molecule has 52 valence electrons. The van der Waals surface area contributed by atoms with E-state index in [0.717, 1.165) is 0 Å². The quantitative estimate of drug-likeness (QED) is 0.581. The third-order valence-electron chi connectivity index (χ3n) is 0.688. The number of nitrogens with two attached hydrogens (primary N) is 1. The van der Waals surface area contributed by atoms with E-state index >= 15 is 0 Å². The summed E-state index contributed by atoms with van der Waals surface area (Å²) in [5.74, 6) is 0.572. The van der Waals surface area contributed by atoms with Gasteiger partial charge in [-0.25, -0.2) is 4.98 Å². The molecule has 10 heavy (non-hydrogen) atoms. The molecule has 0 spiro atoms. The van der Waals surface area contributed by atoms with Crippen LogP contribution in [0.5, 0.6) is 0 Å². The van der Waals surface area contributed by atoms with Crippen molar-refractivity contribution >= 4 is 5.82 Å². The molecule has 0 amide bonds. The van der Waals surface area contributed by atoms with Gasteiger partial charge >= 0.3 is 0 Å². The number of aromatic nitrogens is 1. The van der Waals surface area contributed by atoms with Gasteiger partial charge in [-0.2, -0.15) is 5.26 Å². The Hall–Kier alpha value is -1.56. The molecule has 0 unspecified atom stereocenters. The molecule has 1 heterocycles. The van der Waals surface area contributed by atoms with E-state index in [-0.39, 0.29) is 0 Å². The van der Waals surface area contributed by atoms with Crippen molar-refractivity contribution in [3.05, 3.63) is 24.4 Å². The van der Waals surface area contributed by atoms with Crippen LogP contribution in [0.15, 0.2) is 24.4 Å². The van der Waals surface area contributed by atoms with Gasteiger partial charge in [0.25, 0.3) is 0 Å². The molecule has 1 aromatic rings. The van der Waals surface area contributed by atoms with E-state index in [1.165, 1.54) is 6.92 Å². The molecule has 0 saturated heterocycles. The second-order valence-corrected chi connectivity index (χ2v) is 1.48. The molecular formula is C7H9N3. The maximum Gasteiger partial charge on any atom is 0.123 e. The van der Waals surface area contributed by atoms with Crippen LogP contribution in [0.2, 0.25) is 0 Å². The summed E-state index contributed by atoms with van der Waals surface area (Å²) in [6, 6.07) is 7.18. The Bertz CT molecular complexity index is 200. The van der Waals surface area contributed by atoms with Crippen molar-refractivity contribution in [1.29, 1.82) is 5.26 Å². The molecule has 3 nitrogen and oxygen atoms in total. The summed E-state index contributed by atoms with van der Waals surface area (Å²) in [5, 5.41) is 7.32. The lowest BCUT2D eigenvalue weighted by Gasteiger charge is -1.82. The summed E-state index contributed by atoms with van der Waals surface area (Å²) in [7, 11) is 0. The maximum absolute atomic E-state index is 7.32. The molecule has 0 aromatic carbocycles. The minimum absolute atomic E-state index is 0.572. The van der Waals surface area contributed by atoms with E-state index in [1.54, 1.807) is 18.3 Å². The fraction of sp³-hybridized carbons (Fsp3) is 0.143. The zero-order chi connectivity index (χ0) is 7.82.